The Balaban J connectivity index is 1.92. The summed E-state index contributed by atoms with van der Waals surface area (Å²) in [6.45, 7) is 8.13. The quantitative estimate of drug-likeness (QED) is 0.744. The second-order valence-corrected chi connectivity index (χ2v) is 6.58. The van der Waals surface area contributed by atoms with E-state index in [9.17, 15) is 0 Å². The molecule has 1 aliphatic heterocycles. The van der Waals surface area contributed by atoms with Crippen molar-refractivity contribution >= 4 is 15.9 Å². The van der Waals surface area contributed by atoms with Gasteiger partial charge in [0, 0.05) is 10.9 Å². The van der Waals surface area contributed by atoms with Crippen LogP contribution in [0.3, 0.4) is 0 Å². The molecule has 2 rings (SSSR count). The number of halogens is 1. The van der Waals surface area contributed by atoms with Gasteiger partial charge in [-0.05, 0) is 56.0 Å². The fourth-order valence-electron chi connectivity index (χ4n) is 2.49. The van der Waals surface area contributed by atoms with E-state index in [-0.39, 0.29) is 0 Å². The zero-order valence-electron chi connectivity index (χ0n) is 13.1. The summed E-state index contributed by atoms with van der Waals surface area (Å²) in [5.74, 6) is 2.49. The Labute approximate surface area is 136 Å². The highest BCUT2D eigenvalue weighted by molar-refractivity contribution is 9.10. The monoisotopic (exact) mass is 355 g/mol. The molecule has 1 aromatic rings. The topological polar surface area (TPSA) is 30.5 Å². The van der Waals surface area contributed by atoms with E-state index in [0.29, 0.717) is 0 Å². The number of hydrogen-bond acceptors (Lipinski definition) is 3. The minimum atomic E-state index is 0.729. The summed E-state index contributed by atoms with van der Waals surface area (Å²) >= 11 is 3.67. The normalized spacial score (nSPS) is 15.6. The molecule has 1 atom stereocenters. The summed E-state index contributed by atoms with van der Waals surface area (Å²) in [6, 6.07) is 4.20. The predicted molar refractivity (Wildman–Crippen MR) is 90.4 cm³/mol. The predicted octanol–water partition coefficient (Wildman–Crippen LogP) is 4.18. The molecule has 0 aromatic heterocycles. The Morgan fingerprint density at radius 3 is 2.62 bits per heavy atom. The molecule has 0 fully saturated rings. The molecule has 0 radical (unpaired) electrons. The lowest BCUT2D eigenvalue weighted by atomic mass is 9.98. The van der Waals surface area contributed by atoms with Gasteiger partial charge < -0.3 is 14.8 Å². The Kier molecular flexibility index (Phi) is 6.84. The van der Waals surface area contributed by atoms with Crippen LogP contribution in [0.15, 0.2) is 16.6 Å². The number of ether oxygens (including phenoxy) is 2. The minimum absolute atomic E-state index is 0.729. The van der Waals surface area contributed by atoms with Crippen LogP contribution in [0.25, 0.3) is 0 Å². The van der Waals surface area contributed by atoms with E-state index >= 15 is 0 Å². The highest BCUT2D eigenvalue weighted by Crippen LogP contribution is 2.36. The third kappa shape index (κ3) is 5.19. The van der Waals surface area contributed by atoms with Crippen molar-refractivity contribution in [2.75, 3.05) is 26.3 Å². The van der Waals surface area contributed by atoms with Gasteiger partial charge in [-0.25, -0.2) is 0 Å². The SMILES string of the molecule is CCNCCC(C)CCc1cc2c(cc1Br)OCCCO2. The van der Waals surface area contributed by atoms with Gasteiger partial charge in [-0.1, -0.05) is 29.8 Å². The first-order valence-electron chi connectivity index (χ1n) is 7.99. The van der Waals surface area contributed by atoms with Gasteiger partial charge in [0.15, 0.2) is 11.5 Å². The van der Waals surface area contributed by atoms with Gasteiger partial charge in [0.1, 0.15) is 0 Å². The highest BCUT2D eigenvalue weighted by atomic mass is 79.9. The molecular formula is C17H26BrNO2. The van der Waals surface area contributed by atoms with Gasteiger partial charge in [-0.3, -0.25) is 0 Å². The molecule has 1 heterocycles. The summed E-state index contributed by atoms with van der Waals surface area (Å²) in [7, 11) is 0. The summed E-state index contributed by atoms with van der Waals surface area (Å²) in [5, 5.41) is 3.39. The first-order chi connectivity index (χ1) is 10.2. The van der Waals surface area contributed by atoms with Crippen molar-refractivity contribution in [3.8, 4) is 11.5 Å². The molecule has 0 saturated carbocycles. The number of aryl methyl sites for hydroxylation is 1. The first kappa shape index (κ1) is 16.6. The molecule has 118 valence electrons. The van der Waals surface area contributed by atoms with Crippen molar-refractivity contribution in [3.63, 3.8) is 0 Å². The minimum Gasteiger partial charge on any atom is -0.490 e. The Bertz CT molecular complexity index is 451. The van der Waals surface area contributed by atoms with Crippen molar-refractivity contribution in [1.82, 2.24) is 5.32 Å². The summed E-state index contributed by atoms with van der Waals surface area (Å²) in [5.41, 5.74) is 1.31. The van der Waals surface area contributed by atoms with Crippen LogP contribution in [-0.2, 0) is 6.42 Å². The average Bonchev–Trinajstić information content (AvgIpc) is 2.70. The number of rotatable bonds is 7. The number of nitrogens with one attached hydrogen (secondary N) is 1. The number of benzene rings is 1. The zero-order valence-corrected chi connectivity index (χ0v) is 14.7. The van der Waals surface area contributed by atoms with Crippen LogP contribution in [0.4, 0.5) is 0 Å². The van der Waals surface area contributed by atoms with Gasteiger partial charge in [0.2, 0.25) is 0 Å². The van der Waals surface area contributed by atoms with E-state index in [1.54, 1.807) is 0 Å². The van der Waals surface area contributed by atoms with E-state index in [1.807, 2.05) is 0 Å². The summed E-state index contributed by atoms with van der Waals surface area (Å²) in [6.07, 6.45) is 4.45. The molecule has 1 aromatic carbocycles. The van der Waals surface area contributed by atoms with Gasteiger partial charge in [0.25, 0.3) is 0 Å². The van der Waals surface area contributed by atoms with Crippen molar-refractivity contribution < 1.29 is 9.47 Å². The molecule has 1 aliphatic rings. The van der Waals surface area contributed by atoms with Crippen LogP contribution < -0.4 is 14.8 Å². The van der Waals surface area contributed by atoms with Crippen LogP contribution >= 0.6 is 15.9 Å². The standard InChI is InChI=1S/C17H26BrNO2/c1-3-19-8-7-13(2)5-6-14-11-16-17(12-15(14)18)21-10-4-9-20-16/h11-13,19H,3-10H2,1-2H3. The van der Waals surface area contributed by atoms with E-state index in [0.717, 1.165) is 61.0 Å². The lowest BCUT2D eigenvalue weighted by molar-refractivity contribution is 0.297. The molecule has 0 bridgehead atoms. The van der Waals surface area contributed by atoms with E-state index < -0.39 is 0 Å². The van der Waals surface area contributed by atoms with Gasteiger partial charge in [-0.2, -0.15) is 0 Å². The lowest BCUT2D eigenvalue weighted by Crippen LogP contribution is -2.16. The van der Waals surface area contributed by atoms with Crippen LogP contribution in [0.5, 0.6) is 11.5 Å². The smallest absolute Gasteiger partial charge is 0.162 e. The number of fused-ring (bicyclic) bond motifs is 1. The molecule has 0 amide bonds. The molecule has 1 unspecified atom stereocenters. The maximum Gasteiger partial charge on any atom is 0.162 e. The molecular weight excluding hydrogens is 330 g/mol. The Hall–Kier alpha value is -0.740. The van der Waals surface area contributed by atoms with Crippen molar-refractivity contribution in [3.05, 3.63) is 22.2 Å². The van der Waals surface area contributed by atoms with Crippen molar-refractivity contribution in [2.24, 2.45) is 5.92 Å². The highest BCUT2D eigenvalue weighted by Gasteiger charge is 2.14. The van der Waals surface area contributed by atoms with E-state index in [4.69, 9.17) is 9.47 Å². The fraction of sp³-hybridized carbons (Fsp3) is 0.647. The summed E-state index contributed by atoms with van der Waals surface area (Å²) in [4.78, 5) is 0. The molecule has 3 nitrogen and oxygen atoms in total. The molecule has 0 saturated heterocycles. The second-order valence-electron chi connectivity index (χ2n) is 5.73. The third-order valence-electron chi connectivity index (χ3n) is 3.89. The number of hydrogen-bond donors (Lipinski definition) is 1. The van der Waals surface area contributed by atoms with E-state index in [2.05, 4.69) is 47.2 Å². The van der Waals surface area contributed by atoms with Crippen LogP contribution in [-0.4, -0.2) is 26.3 Å². The zero-order chi connectivity index (χ0) is 15.1. The first-order valence-corrected chi connectivity index (χ1v) is 8.78. The molecule has 1 N–H and O–H groups in total. The van der Waals surface area contributed by atoms with Crippen molar-refractivity contribution in [2.45, 2.75) is 39.5 Å². The largest absolute Gasteiger partial charge is 0.490 e. The third-order valence-corrected chi connectivity index (χ3v) is 4.63. The average molecular weight is 356 g/mol. The van der Waals surface area contributed by atoms with E-state index in [1.165, 1.54) is 18.4 Å². The maximum absolute atomic E-state index is 5.77. The Morgan fingerprint density at radius 2 is 1.90 bits per heavy atom. The molecule has 4 heteroatoms. The lowest BCUT2D eigenvalue weighted by Gasteiger charge is -2.14. The van der Waals surface area contributed by atoms with Crippen LogP contribution in [0.2, 0.25) is 0 Å². The summed E-state index contributed by atoms with van der Waals surface area (Å²) < 4.78 is 12.6. The maximum atomic E-state index is 5.77. The Morgan fingerprint density at radius 1 is 1.19 bits per heavy atom. The molecule has 0 spiro atoms. The molecule has 0 aliphatic carbocycles. The van der Waals surface area contributed by atoms with Crippen LogP contribution in [0, 0.1) is 5.92 Å². The van der Waals surface area contributed by atoms with Gasteiger partial charge in [-0.15, -0.1) is 0 Å². The molecule has 21 heavy (non-hydrogen) atoms. The fourth-order valence-corrected chi connectivity index (χ4v) is 3.01. The van der Waals surface area contributed by atoms with Crippen LogP contribution in [0.1, 0.15) is 38.7 Å². The van der Waals surface area contributed by atoms with Gasteiger partial charge in [0.05, 0.1) is 13.2 Å². The second kappa shape index (κ2) is 8.64. The van der Waals surface area contributed by atoms with Gasteiger partial charge >= 0.3 is 0 Å². The van der Waals surface area contributed by atoms with Crippen molar-refractivity contribution in [1.29, 1.82) is 0 Å².